The van der Waals surface area contributed by atoms with Crippen LogP contribution in [0, 0.1) is 10.1 Å². The van der Waals surface area contributed by atoms with Crippen molar-refractivity contribution in [2.24, 2.45) is 5.10 Å². The Morgan fingerprint density at radius 3 is 2.80 bits per heavy atom. The Hall–Kier alpha value is -3.13. The Kier molecular flexibility index (Phi) is 6.30. The Balaban J connectivity index is 1.90. The lowest BCUT2D eigenvalue weighted by atomic mass is 10.2. The van der Waals surface area contributed by atoms with Crippen molar-refractivity contribution in [1.29, 1.82) is 0 Å². The fourth-order valence-corrected chi connectivity index (χ4v) is 2.04. The molecular formula is C16H14ClN3O5. The largest absolute Gasteiger partial charge is 0.495 e. The maximum atomic E-state index is 11.7. The van der Waals surface area contributed by atoms with Gasteiger partial charge in [0.15, 0.2) is 12.4 Å². The molecule has 0 aliphatic carbocycles. The second-order valence-electron chi connectivity index (χ2n) is 4.70. The first kappa shape index (κ1) is 18.2. The van der Waals surface area contributed by atoms with E-state index in [0.29, 0.717) is 16.3 Å². The summed E-state index contributed by atoms with van der Waals surface area (Å²) in [7, 11) is 1.49. The maximum Gasteiger partial charge on any atom is 0.310 e. The molecule has 0 aliphatic heterocycles. The number of methoxy groups -OCH3 is 1. The molecule has 9 heteroatoms. The van der Waals surface area contributed by atoms with Gasteiger partial charge in [0.05, 0.1) is 23.3 Å². The molecule has 2 aromatic carbocycles. The van der Waals surface area contributed by atoms with Gasteiger partial charge in [-0.2, -0.15) is 5.10 Å². The number of para-hydroxylation sites is 2. The first-order valence-electron chi connectivity index (χ1n) is 7.03. The van der Waals surface area contributed by atoms with Gasteiger partial charge in [0.2, 0.25) is 0 Å². The molecule has 130 valence electrons. The summed E-state index contributed by atoms with van der Waals surface area (Å²) in [5, 5.41) is 15.1. The Morgan fingerprint density at radius 1 is 1.32 bits per heavy atom. The van der Waals surface area contributed by atoms with Gasteiger partial charge in [0.25, 0.3) is 5.91 Å². The van der Waals surface area contributed by atoms with E-state index >= 15 is 0 Å². The number of hydrogen-bond acceptors (Lipinski definition) is 6. The van der Waals surface area contributed by atoms with Gasteiger partial charge in [-0.15, -0.1) is 0 Å². The molecule has 8 nitrogen and oxygen atoms in total. The standard InChI is InChI=1S/C16H14ClN3O5/c1-24-15-8-11(6-7-12(15)17)9-18-19-16(21)10-25-14-5-3-2-4-13(14)20(22)23/h2-9H,10H2,1H3,(H,19,21)/b18-9-. The normalized spacial score (nSPS) is 10.5. The zero-order chi connectivity index (χ0) is 18.2. The number of hydrazone groups is 1. The van der Waals surface area contributed by atoms with E-state index in [1.54, 1.807) is 24.3 Å². The lowest BCUT2D eigenvalue weighted by Gasteiger charge is -2.05. The van der Waals surface area contributed by atoms with Crippen LogP contribution in [0.25, 0.3) is 0 Å². The Bertz CT molecular complexity index is 810. The van der Waals surface area contributed by atoms with E-state index in [1.165, 1.54) is 31.5 Å². The highest BCUT2D eigenvalue weighted by molar-refractivity contribution is 6.32. The second-order valence-corrected chi connectivity index (χ2v) is 5.11. The average molecular weight is 364 g/mol. The van der Waals surface area contributed by atoms with E-state index in [2.05, 4.69) is 10.5 Å². The third-order valence-electron chi connectivity index (χ3n) is 3.00. The fourth-order valence-electron chi connectivity index (χ4n) is 1.84. The number of benzene rings is 2. The van der Waals surface area contributed by atoms with E-state index in [9.17, 15) is 14.9 Å². The number of nitrogens with one attached hydrogen (secondary N) is 1. The van der Waals surface area contributed by atoms with Gasteiger partial charge in [0, 0.05) is 6.07 Å². The van der Waals surface area contributed by atoms with Crippen LogP contribution in [-0.2, 0) is 4.79 Å². The summed E-state index contributed by atoms with van der Waals surface area (Å²) in [6.45, 7) is -0.411. The van der Waals surface area contributed by atoms with Crippen LogP contribution in [0.1, 0.15) is 5.56 Å². The minimum absolute atomic E-state index is 0.00840. The number of halogens is 1. The smallest absolute Gasteiger partial charge is 0.310 e. The number of nitro benzene ring substituents is 1. The van der Waals surface area contributed by atoms with E-state index in [-0.39, 0.29) is 11.4 Å². The van der Waals surface area contributed by atoms with E-state index in [0.717, 1.165) is 0 Å². The van der Waals surface area contributed by atoms with Gasteiger partial charge in [-0.05, 0) is 23.8 Å². The molecular weight excluding hydrogens is 350 g/mol. The van der Waals surface area contributed by atoms with Gasteiger partial charge in [0.1, 0.15) is 5.75 Å². The predicted molar refractivity (Wildman–Crippen MR) is 92.3 cm³/mol. The lowest BCUT2D eigenvalue weighted by Crippen LogP contribution is -2.24. The van der Waals surface area contributed by atoms with Crippen LogP contribution in [0.4, 0.5) is 5.69 Å². The zero-order valence-corrected chi connectivity index (χ0v) is 13.9. The molecule has 0 radical (unpaired) electrons. The molecule has 0 saturated heterocycles. The van der Waals surface area contributed by atoms with Crippen molar-refractivity contribution in [2.75, 3.05) is 13.7 Å². The van der Waals surface area contributed by atoms with Crippen molar-refractivity contribution in [3.05, 3.63) is 63.2 Å². The summed E-state index contributed by atoms with van der Waals surface area (Å²) in [5.41, 5.74) is 2.72. The highest BCUT2D eigenvalue weighted by Crippen LogP contribution is 2.25. The molecule has 0 heterocycles. The van der Waals surface area contributed by atoms with Crippen molar-refractivity contribution >= 4 is 29.4 Å². The Morgan fingerprint density at radius 2 is 2.08 bits per heavy atom. The molecule has 2 rings (SSSR count). The first-order chi connectivity index (χ1) is 12.0. The minimum atomic E-state index is -0.584. The van der Waals surface area contributed by atoms with Gasteiger partial charge < -0.3 is 9.47 Å². The highest BCUT2D eigenvalue weighted by Gasteiger charge is 2.14. The van der Waals surface area contributed by atoms with Crippen LogP contribution in [-0.4, -0.2) is 30.8 Å². The van der Waals surface area contributed by atoms with Crippen LogP contribution < -0.4 is 14.9 Å². The number of rotatable bonds is 7. The van der Waals surface area contributed by atoms with Crippen LogP contribution in [0.15, 0.2) is 47.6 Å². The highest BCUT2D eigenvalue weighted by atomic mass is 35.5. The Labute approximate surface area is 148 Å². The van der Waals surface area contributed by atoms with Crippen LogP contribution in [0.2, 0.25) is 5.02 Å². The van der Waals surface area contributed by atoms with Gasteiger partial charge in [-0.25, -0.2) is 5.43 Å². The van der Waals surface area contributed by atoms with Crippen molar-refractivity contribution in [2.45, 2.75) is 0 Å². The van der Waals surface area contributed by atoms with Crippen molar-refractivity contribution < 1.29 is 19.2 Å². The molecule has 0 saturated carbocycles. The maximum absolute atomic E-state index is 11.7. The second kappa shape index (κ2) is 8.65. The summed E-state index contributed by atoms with van der Waals surface area (Å²) >= 11 is 5.91. The summed E-state index contributed by atoms with van der Waals surface area (Å²) in [4.78, 5) is 22.0. The SMILES string of the molecule is COc1cc(/C=N\NC(=O)COc2ccccc2[N+](=O)[O-])ccc1Cl. The topological polar surface area (TPSA) is 103 Å². The first-order valence-corrected chi connectivity index (χ1v) is 7.40. The van der Waals surface area contributed by atoms with Gasteiger partial charge in [-0.1, -0.05) is 29.8 Å². The monoisotopic (exact) mass is 363 g/mol. The molecule has 2 aromatic rings. The number of nitrogens with zero attached hydrogens (tertiary/aromatic N) is 2. The molecule has 0 unspecified atom stereocenters. The number of amides is 1. The lowest BCUT2D eigenvalue weighted by molar-refractivity contribution is -0.385. The quantitative estimate of drug-likeness (QED) is 0.463. The minimum Gasteiger partial charge on any atom is -0.495 e. The van der Waals surface area contributed by atoms with E-state index < -0.39 is 17.4 Å². The fraction of sp³-hybridized carbons (Fsp3) is 0.125. The number of hydrogen-bond donors (Lipinski definition) is 1. The number of carbonyl (C=O) groups excluding carboxylic acids is 1. The molecule has 0 atom stereocenters. The molecule has 0 aromatic heterocycles. The van der Waals surface area contributed by atoms with Crippen LogP contribution in [0.3, 0.4) is 0 Å². The summed E-state index contributed by atoms with van der Waals surface area (Å²) in [6.07, 6.45) is 1.40. The zero-order valence-electron chi connectivity index (χ0n) is 13.1. The number of nitro groups is 1. The average Bonchev–Trinajstić information content (AvgIpc) is 2.61. The number of carbonyl (C=O) groups is 1. The van der Waals surface area contributed by atoms with E-state index in [4.69, 9.17) is 21.1 Å². The van der Waals surface area contributed by atoms with Crippen LogP contribution >= 0.6 is 11.6 Å². The molecule has 1 N–H and O–H groups in total. The predicted octanol–water partition coefficient (Wildman–Crippen LogP) is 2.79. The molecule has 0 fully saturated rings. The summed E-state index contributed by atoms with van der Waals surface area (Å²) in [5.74, 6) is -0.0685. The summed E-state index contributed by atoms with van der Waals surface area (Å²) < 4.78 is 10.2. The molecule has 0 bridgehead atoms. The summed E-state index contributed by atoms with van der Waals surface area (Å²) in [6, 6.07) is 10.8. The third-order valence-corrected chi connectivity index (χ3v) is 3.31. The molecule has 0 spiro atoms. The molecule has 1 amide bonds. The van der Waals surface area contributed by atoms with Crippen LogP contribution in [0.5, 0.6) is 11.5 Å². The van der Waals surface area contributed by atoms with E-state index in [1.807, 2.05) is 0 Å². The van der Waals surface area contributed by atoms with Crippen molar-refractivity contribution in [3.63, 3.8) is 0 Å². The molecule has 0 aliphatic rings. The van der Waals surface area contributed by atoms with Crippen molar-refractivity contribution in [3.8, 4) is 11.5 Å². The molecule has 25 heavy (non-hydrogen) atoms. The third kappa shape index (κ3) is 5.18. The number of ether oxygens (including phenoxy) is 2. The van der Waals surface area contributed by atoms with Gasteiger partial charge >= 0.3 is 5.69 Å². The van der Waals surface area contributed by atoms with Crippen molar-refractivity contribution in [1.82, 2.24) is 5.43 Å². The van der Waals surface area contributed by atoms with Gasteiger partial charge in [-0.3, -0.25) is 14.9 Å².